The van der Waals surface area contributed by atoms with Gasteiger partial charge in [-0.1, -0.05) is 12.1 Å². The molecule has 0 saturated heterocycles. The average Bonchev–Trinajstić information content (AvgIpc) is 3.44. The summed E-state index contributed by atoms with van der Waals surface area (Å²) in [6, 6.07) is 12.9. The van der Waals surface area contributed by atoms with Gasteiger partial charge in [-0.25, -0.2) is 14.8 Å². The smallest absolute Gasteiger partial charge is 0.348 e. The minimum Gasteiger partial charge on any atom is -0.455 e. The number of thiazole rings is 2. The van der Waals surface area contributed by atoms with Crippen LogP contribution in [0.3, 0.4) is 0 Å². The summed E-state index contributed by atoms with van der Waals surface area (Å²) < 4.78 is 7.92. The molecule has 4 heterocycles. The van der Waals surface area contributed by atoms with Gasteiger partial charge >= 0.3 is 5.97 Å². The quantitative estimate of drug-likeness (QED) is 0.398. The zero-order chi connectivity index (χ0) is 19.1. The Balaban J connectivity index is 1.33. The minimum absolute atomic E-state index is 0.0448. The maximum Gasteiger partial charge on any atom is 0.348 e. The number of ether oxygens (including phenoxy) is 1. The molecular formula is C19H11N3O3S3. The maximum absolute atomic E-state index is 12.4. The predicted molar refractivity (Wildman–Crippen MR) is 111 cm³/mol. The first kappa shape index (κ1) is 17.2. The van der Waals surface area contributed by atoms with E-state index < -0.39 is 5.97 Å². The van der Waals surface area contributed by atoms with Crippen LogP contribution in [-0.4, -0.2) is 20.3 Å². The van der Waals surface area contributed by atoms with Gasteiger partial charge in [0.2, 0.25) is 0 Å². The number of esters is 1. The first-order valence-electron chi connectivity index (χ1n) is 8.26. The first-order chi connectivity index (χ1) is 13.7. The summed E-state index contributed by atoms with van der Waals surface area (Å²) in [5.41, 5.74) is 1.19. The van der Waals surface area contributed by atoms with Gasteiger partial charge in [-0.3, -0.25) is 9.20 Å². The summed E-state index contributed by atoms with van der Waals surface area (Å²) in [5.74, 6) is -0.439. The summed E-state index contributed by atoms with van der Waals surface area (Å²) in [7, 11) is 0. The van der Waals surface area contributed by atoms with Crippen molar-refractivity contribution in [3.8, 4) is 9.88 Å². The highest BCUT2D eigenvalue weighted by Gasteiger charge is 2.15. The summed E-state index contributed by atoms with van der Waals surface area (Å²) in [5, 5.41) is 2.66. The number of hydrogen-bond donors (Lipinski definition) is 0. The second-order valence-electron chi connectivity index (χ2n) is 5.87. The number of hydrogen-bond acceptors (Lipinski definition) is 8. The largest absolute Gasteiger partial charge is 0.455 e. The van der Waals surface area contributed by atoms with Crippen LogP contribution in [0.5, 0.6) is 0 Å². The minimum atomic E-state index is -0.439. The Morgan fingerprint density at radius 2 is 2.00 bits per heavy atom. The lowest BCUT2D eigenvalue weighted by molar-refractivity contribution is 0.0473. The molecule has 5 aromatic rings. The summed E-state index contributed by atoms with van der Waals surface area (Å²) in [6.45, 7) is -0.0448. The van der Waals surface area contributed by atoms with Crippen LogP contribution in [0, 0.1) is 0 Å². The lowest BCUT2D eigenvalue weighted by Gasteiger charge is -2.03. The van der Waals surface area contributed by atoms with Crippen molar-refractivity contribution in [2.24, 2.45) is 0 Å². The molecule has 1 aromatic carbocycles. The third-order valence-corrected chi connectivity index (χ3v) is 7.05. The average molecular weight is 426 g/mol. The molecule has 0 aliphatic heterocycles. The standard InChI is InChI=1S/C19H11N3O3S3/c23-16-9-11(20-19-22(16)7-8-26-19)10-25-18(24)15-6-5-14(27-15)17-21-12-3-1-2-4-13(12)28-17/h1-9H,10H2. The van der Waals surface area contributed by atoms with E-state index in [1.54, 1.807) is 29.0 Å². The molecule has 0 amide bonds. The van der Waals surface area contributed by atoms with Crippen LogP contribution in [0.4, 0.5) is 0 Å². The fourth-order valence-corrected chi connectivity index (χ4v) is 5.37. The summed E-state index contributed by atoms with van der Waals surface area (Å²) in [6.07, 6.45) is 1.67. The van der Waals surface area contributed by atoms with Gasteiger partial charge in [0, 0.05) is 17.6 Å². The number of nitrogens with zero attached hydrogens (tertiary/aromatic N) is 3. The zero-order valence-electron chi connectivity index (χ0n) is 14.2. The SMILES string of the molecule is O=C(OCc1cc(=O)n2ccsc2n1)c1ccc(-c2nc3ccccc3s2)s1. The van der Waals surface area contributed by atoms with Crippen molar-refractivity contribution in [2.75, 3.05) is 0 Å². The first-order valence-corrected chi connectivity index (χ1v) is 10.8. The highest BCUT2D eigenvalue weighted by Crippen LogP contribution is 2.34. The fraction of sp³-hybridized carbons (Fsp3) is 0.0526. The van der Waals surface area contributed by atoms with Crippen LogP contribution in [-0.2, 0) is 11.3 Å². The van der Waals surface area contributed by atoms with E-state index in [0.29, 0.717) is 15.5 Å². The van der Waals surface area contributed by atoms with Crippen LogP contribution in [0.15, 0.2) is 58.8 Å². The molecule has 0 bridgehead atoms. The number of carbonyl (C=O) groups excluding carboxylic acids is 1. The van der Waals surface area contributed by atoms with Gasteiger partial charge in [0.1, 0.15) is 16.5 Å². The number of para-hydroxylation sites is 1. The van der Waals surface area contributed by atoms with Crippen LogP contribution in [0.1, 0.15) is 15.4 Å². The molecular weight excluding hydrogens is 414 g/mol. The predicted octanol–water partition coefficient (Wildman–Crippen LogP) is 4.45. The van der Waals surface area contributed by atoms with Gasteiger partial charge in [-0.15, -0.1) is 34.0 Å². The van der Waals surface area contributed by atoms with Crippen LogP contribution < -0.4 is 5.56 Å². The molecule has 0 saturated carbocycles. The maximum atomic E-state index is 12.4. The highest BCUT2D eigenvalue weighted by molar-refractivity contribution is 7.26. The van der Waals surface area contributed by atoms with Crippen molar-refractivity contribution < 1.29 is 9.53 Å². The second kappa shape index (κ2) is 6.93. The highest BCUT2D eigenvalue weighted by atomic mass is 32.1. The lowest BCUT2D eigenvalue weighted by atomic mass is 10.3. The molecule has 4 aromatic heterocycles. The Hall–Kier alpha value is -2.88. The van der Waals surface area contributed by atoms with E-state index in [1.807, 2.05) is 30.3 Å². The lowest BCUT2D eigenvalue weighted by Crippen LogP contribution is -2.14. The molecule has 5 rings (SSSR count). The Labute approximate surface area is 170 Å². The van der Waals surface area contributed by atoms with Crippen molar-refractivity contribution >= 4 is 55.2 Å². The molecule has 138 valence electrons. The Morgan fingerprint density at radius 1 is 1.11 bits per heavy atom. The zero-order valence-corrected chi connectivity index (χ0v) is 16.6. The number of rotatable bonds is 4. The van der Waals surface area contributed by atoms with Crippen LogP contribution in [0.25, 0.3) is 25.1 Å². The van der Waals surface area contributed by atoms with E-state index in [0.717, 1.165) is 20.1 Å². The van der Waals surface area contributed by atoms with Gasteiger partial charge < -0.3 is 4.74 Å². The molecule has 0 atom stereocenters. The molecule has 0 spiro atoms. The van der Waals surface area contributed by atoms with E-state index >= 15 is 0 Å². The Morgan fingerprint density at radius 3 is 2.89 bits per heavy atom. The number of fused-ring (bicyclic) bond motifs is 2. The molecule has 0 unspecified atom stereocenters. The molecule has 9 heteroatoms. The molecule has 0 radical (unpaired) electrons. The molecule has 0 aliphatic rings. The van der Waals surface area contributed by atoms with Crippen molar-refractivity contribution in [3.63, 3.8) is 0 Å². The number of carbonyl (C=O) groups is 1. The molecule has 6 nitrogen and oxygen atoms in total. The Bertz CT molecular complexity index is 1350. The molecule has 0 fully saturated rings. The van der Waals surface area contributed by atoms with Crippen molar-refractivity contribution in [3.05, 3.63) is 75.0 Å². The van der Waals surface area contributed by atoms with Crippen LogP contribution >= 0.6 is 34.0 Å². The van der Waals surface area contributed by atoms with E-state index in [9.17, 15) is 9.59 Å². The van der Waals surface area contributed by atoms with Gasteiger partial charge in [-0.05, 0) is 24.3 Å². The third-order valence-electron chi connectivity index (χ3n) is 4.02. The molecule has 28 heavy (non-hydrogen) atoms. The van der Waals surface area contributed by atoms with E-state index in [-0.39, 0.29) is 12.2 Å². The number of thiophene rings is 1. The summed E-state index contributed by atoms with van der Waals surface area (Å²) in [4.78, 5) is 35.3. The van der Waals surface area contributed by atoms with Crippen molar-refractivity contribution in [1.82, 2.24) is 14.4 Å². The van der Waals surface area contributed by atoms with Gasteiger partial charge in [-0.2, -0.15) is 0 Å². The normalized spacial score (nSPS) is 11.3. The molecule has 0 aliphatic carbocycles. The van der Waals surface area contributed by atoms with Gasteiger partial charge in [0.05, 0.1) is 20.8 Å². The summed E-state index contributed by atoms with van der Waals surface area (Å²) >= 11 is 4.29. The van der Waals surface area contributed by atoms with Gasteiger partial charge in [0.15, 0.2) is 4.96 Å². The fourth-order valence-electron chi connectivity index (χ4n) is 2.71. The number of benzene rings is 1. The molecule has 0 N–H and O–H groups in total. The Kier molecular flexibility index (Phi) is 4.27. The van der Waals surface area contributed by atoms with E-state index in [2.05, 4.69) is 9.97 Å². The second-order valence-corrected chi connectivity index (χ2v) is 8.86. The van der Waals surface area contributed by atoms with Crippen molar-refractivity contribution in [2.45, 2.75) is 6.61 Å². The monoisotopic (exact) mass is 425 g/mol. The van der Waals surface area contributed by atoms with E-state index in [4.69, 9.17) is 4.74 Å². The van der Waals surface area contributed by atoms with Gasteiger partial charge in [0.25, 0.3) is 5.56 Å². The van der Waals surface area contributed by atoms with Crippen molar-refractivity contribution in [1.29, 1.82) is 0 Å². The third kappa shape index (κ3) is 3.13. The van der Waals surface area contributed by atoms with Crippen LogP contribution in [0.2, 0.25) is 0 Å². The van der Waals surface area contributed by atoms with E-state index in [1.165, 1.54) is 33.1 Å². The number of aromatic nitrogens is 3. The topological polar surface area (TPSA) is 73.6 Å².